The summed E-state index contributed by atoms with van der Waals surface area (Å²) in [5.41, 5.74) is -0.100. The van der Waals surface area contributed by atoms with Crippen LogP contribution in [0.1, 0.15) is 18.4 Å². The molecule has 1 aromatic rings. The molecule has 0 radical (unpaired) electrons. The summed E-state index contributed by atoms with van der Waals surface area (Å²) in [5, 5.41) is 20.7. The molecule has 4 nitrogen and oxygen atoms in total. The minimum absolute atomic E-state index is 0.141. The van der Waals surface area contributed by atoms with Crippen LogP contribution in [0.3, 0.4) is 0 Å². The molecule has 0 aliphatic carbocycles. The number of carbonyl (C=O) groups is 1. The lowest BCUT2D eigenvalue weighted by molar-refractivity contribution is -0.192. The summed E-state index contributed by atoms with van der Waals surface area (Å²) >= 11 is 7.58. The van der Waals surface area contributed by atoms with E-state index in [1.807, 2.05) is 11.8 Å². The molecule has 0 unspecified atom stereocenters. The second kappa shape index (κ2) is 9.61. The van der Waals surface area contributed by atoms with Gasteiger partial charge in [-0.3, -0.25) is 0 Å². The van der Waals surface area contributed by atoms with Crippen molar-refractivity contribution in [2.75, 3.05) is 18.1 Å². The van der Waals surface area contributed by atoms with Crippen molar-refractivity contribution in [3.05, 3.63) is 34.6 Å². The van der Waals surface area contributed by atoms with E-state index in [1.54, 1.807) is 12.1 Å². The maximum atomic E-state index is 13.6. The topological polar surface area (TPSA) is 69.6 Å². The average molecular weight is 404 g/mol. The van der Waals surface area contributed by atoms with Crippen LogP contribution in [0.4, 0.5) is 17.6 Å². The maximum Gasteiger partial charge on any atom is 0.490 e. The van der Waals surface area contributed by atoms with Gasteiger partial charge in [-0.05, 0) is 30.4 Å². The first-order valence-electron chi connectivity index (χ1n) is 7.29. The summed E-state index contributed by atoms with van der Waals surface area (Å²) in [5.74, 6) is -1.15. The second-order valence-corrected chi connectivity index (χ2v) is 7.09. The summed E-state index contributed by atoms with van der Waals surface area (Å²) in [4.78, 5) is 8.90. The highest BCUT2D eigenvalue weighted by atomic mass is 35.5. The Hall–Kier alpha value is -1.03. The monoisotopic (exact) mass is 403 g/mol. The highest BCUT2D eigenvalue weighted by Crippen LogP contribution is 2.26. The van der Waals surface area contributed by atoms with Crippen LogP contribution in [0, 0.1) is 5.82 Å². The standard InChI is InChI=1S/C13H17ClFNOS.C2HF3O2/c14-11-3-1-2-10(12(11)15)8-16-9-13(17)4-6-18-7-5-13;3-2(4,5)1(6)7/h1-3,16-17H,4-9H2;(H,6,7). The van der Waals surface area contributed by atoms with Crippen molar-refractivity contribution >= 4 is 29.3 Å². The summed E-state index contributed by atoms with van der Waals surface area (Å²) in [7, 11) is 0. The lowest BCUT2D eigenvalue weighted by Gasteiger charge is -2.32. The van der Waals surface area contributed by atoms with Gasteiger partial charge in [0.15, 0.2) is 0 Å². The van der Waals surface area contributed by atoms with Crippen molar-refractivity contribution in [3.63, 3.8) is 0 Å². The first kappa shape index (κ1) is 22.0. The van der Waals surface area contributed by atoms with Crippen LogP contribution in [0.25, 0.3) is 0 Å². The zero-order chi connectivity index (χ0) is 19.1. The molecule has 3 N–H and O–H groups in total. The number of benzene rings is 1. The first-order chi connectivity index (χ1) is 11.6. The number of thioether (sulfide) groups is 1. The van der Waals surface area contributed by atoms with Gasteiger partial charge in [0.2, 0.25) is 0 Å². The number of hydrogen-bond donors (Lipinski definition) is 3. The van der Waals surface area contributed by atoms with Gasteiger partial charge in [0, 0.05) is 18.7 Å². The lowest BCUT2D eigenvalue weighted by Crippen LogP contribution is -2.43. The zero-order valence-electron chi connectivity index (χ0n) is 13.1. The number of carboxylic acids is 1. The number of hydrogen-bond acceptors (Lipinski definition) is 4. The molecule has 0 aromatic heterocycles. The molecule has 10 heteroatoms. The number of alkyl halides is 3. The largest absolute Gasteiger partial charge is 0.490 e. The number of aliphatic carboxylic acids is 1. The van der Waals surface area contributed by atoms with E-state index in [4.69, 9.17) is 21.5 Å². The Bertz CT molecular complexity index is 580. The Balaban J connectivity index is 0.000000381. The highest BCUT2D eigenvalue weighted by molar-refractivity contribution is 7.99. The predicted octanol–water partition coefficient (Wildman–Crippen LogP) is 3.46. The van der Waals surface area contributed by atoms with Crippen LogP contribution < -0.4 is 5.32 Å². The first-order valence-corrected chi connectivity index (χ1v) is 8.82. The third-order valence-corrected chi connectivity index (χ3v) is 4.74. The molecule has 0 amide bonds. The van der Waals surface area contributed by atoms with Crippen LogP contribution in [-0.2, 0) is 11.3 Å². The minimum atomic E-state index is -5.08. The fourth-order valence-corrected chi connectivity index (χ4v) is 3.49. The lowest BCUT2D eigenvalue weighted by atomic mass is 9.97. The molecule has 1 aromatic carbocycles. The van der Waals surface area contributed by atoms with Gasteiger partial charge in [-0.15, -0.1) is 0 Å². The Morgan fingerprint density at radius 3 is 2.40 bits per heavy atom. The van der Waals surface area contributed by atoms with Gasteiger partial charge < -0.3 is 15.5 Å². The van der Waals surface area contributed by atoms with E-state index >= 15 is 0 Å². The third-order valence-electron chi connectivity index (χ3n) is 3.47. The van der Waals surface area contributed by atoms with E-state index in [9.17, 15) is 22.7 Å². The van der Waals surface area contributed by atoms with Crippen LogP contribution >= 0.6 is 23.4 Å². The summed E-state index contributed by atoms with van der Waals surface area (Å²) < 4.78 is 45.4. The Morgan fingerprint density at radius 1 is 1.32 bits per heavy atom. The maximum absolute atomic E-state index is 13.6. The van der Waals surface area contributed by atoms with E-state index < -0.39 is 17.7 Å². The molecule has 25 heavy (non-hydrogen) atoms. The van der Waals surface area contributed by atoms with E-state index in [1.165, 1.54) is 6.07 Å². The van der Waals surface area contributed by atoms with E-state index in [0.29, 0.717) is 18.7 Å². The van der Waals surface area contributed by atoms with Crippen molar-refractivity contribution in [2.45, 2.75) is 31.2 Å². The molecular formula is C15H18ClF4NO3S. The van der Waals surface area contributed by atoms with Crippen molar-refractivity contribution in [3.8, 4) is 0 Å². The van der Waals surface area contributed by atoms with Gasteiger partial charge >= 0.3 is 12.1 Å². The molecule has 0 saturated carbocycles. The number of aliphatic hydroxyl groups is 1. The highest BCUT2D eigenvalue weighted by Gasteiger charge is 2.38. The predicted molar refractivity (Wildman–Crippen MR) is 88.3 cm³/mol. The van der Waals surface area contributed by atoms with Crippen LogP contribution in [-0.4, -0.2) is 46.0 Å². The Labute approximate surface area is 151 Å². The average Bonchev–Trinajstić information content (AvgIpc) is 2.52. The fourth-order valence-electron chi connectivity index (χ4n) is 2.04. The van der Waals surface area contributed by atoms with Gasteiger partial charge in [-0.25, -0.2) is 9.18 Å². The Kier molecular flexibility index (Phi) is 8.46. The number of rotatable bonds is 4. The molecule has 0 bridgehead atoms. The van der Waals surface area contributed by atoms with Crippen molar-refractivity contribution in [1.82, 2.24) is 5.32 Å². The summed E-state index contributed by atoms with van der Waals surface area (Å²) in [6, 6.07) is 4.97. The van der Waals surface area contributed by atoms with Gasteiger partial charge in [0.1, 0.15) is 5.82 Å². The van der Waals surface area contributed by atoms with Gasteiger partial charge in [-0.1, -0.05) is 23.7 Å². The molecule has 2 rings (SSSR count). The van der Waals surface area contributed by atoms with Gasteiger partial charge in [0.25, 0.3) is 0 Å². The quantitative estimate of drug-likeness (QED) is 0.672. The van der Waals surface area contributed by atoms with Gasteiger partial charge in [-0.2, -0.15) is 24.9 Å². The molecule has 1 aliphatic rings. The number of carboxylic acid groups (broad SMARTS) is 1. The SMILES string of the molecule is O=C(O)C(F)(F)F.OC1(CNCc2cccc(Cl)c2F)CCSCC1. The second-order valence-electron chi connectivity index (χ2n) is 5.46. The molecular weight excluding hydrogens is 386 g/mol. The van der Waals surface area contributed by atoms with Crippen LogP contribution in [0.15, 0.2) is 18.2 Å². The van der Waals surface area contributed by atoms with Crippen molar-refractivity contribution in [2.24, 2.45) is 0 Å². The Morgan fingerprint density at radius 2 is 1.88 bits per heavy atom. The molecule has 1 saturated heterocycles. The van der Waals surface area contributed by atoms with Crippen molar-refractivity contribution in [1.29, 1.82) is 0 Å². The van der Waals surface area contributed by atoms with Gasteiger partial charge in [0.05, 0.1) is 10.6 Å². The molecule has 0 atom stereocenters. The third kappa shape index (κ3) is 7.81. The zero-order valence-corrected chi connectivity index (χ0v) is 14.6. The molecule has 0 spiro atoms. The molecule has 1 fully saturated rings. The van der Waals surface area contributed by atoms with Crippen LogP contribution in [0.2, 0.25) is 5.02 Å². The van der Waals surface area contributed by atoms with Crippen LogP contribution in [0.5, 0.6) is 0 Å². The molecule has 1 heterocycles. The van der Waals surface area contributed by atoms with Crippen molar-refractivity contribution < 1.29 is 32.6 Å². The van der Waals surface area contributed by atoms with E-state index in [-0.39, 0.29) is 10.8 Å². The molecule has 142 valence electrons. The normalized spacial score (nSPS) is 16.7. The number of halogens is 5. The van der Waals surface area contributed by atoms with E-state index in [2.05, 4.69) is 5.32 Å². The fraction of sp³-hybridized carbons (Fsp3) is 0.533. The molecule has 1 aliphatic heterocycles. The van der Waals surface area contributed by atoms with E-state index in [0.717, 1.165) is 24.3 Å². The smallest absolute Gasteiger partial charge is 0.475 e. The minimum Gasteiger partial charge on any atom is -0.475 e. The summed E-state index contributed by atoms with van der Waals surface area (Å²) in [6.45, 7) is 0.890. The number of nitrogens with one attached hydrogen (secondary N) is 1. The summed E-state index contributed by atoms with van der Waals surface area (Å²) in [6.07, 6.45) is -3.49.